The van der Waals surface area contributed by atoms with Gasteiger partial charge in [0.05, 0.1) is 0 Å². The molecule has 1 aliphatic heterocycles. The molecule has 1 aliphatic rings. The molecule has 1 atom stereocenters. The lowest BCUT2D eigenvalue weighted by Crippen LogP contribution is -2.42. The Morgan fingerprint density at radius 1 is 1.36 bits per heavy atom. The van der Waals surface area contributed by atoms with Crippen LogP contribution in [0.5, 0.6) is 0 Å². The SMILES string of the molecule is CC(O)N[C]1N(C)C=CN1C. The molecular formula is C7H14N3O. The largest absolute Gasteiger partial charge is 0.379 e. The van der Waals surface area contributed by atoms with Crippen LogP contribution in [0.3, 0.4) is 0 Å². The molecular weight excluding hydrogens is 142 g/mol. The summed E-state index contributed by atoms with van der Waals surface area (Å²) in [5.41, 5.74) is 0. The van der Waals surface area contributed by atoms with Gasteiger partial charge in [0.15, 0.2) is 0 Å². The smallest absolute Gasteiger partial charge is 0.228 e. The third kappa shape index (κ3) is 1.85. The molecule has 0 amide bonds. The molecule has 4 nitrogen and oxygen atoms in total. The van der Waals surface area contributed by atoms with Crippen molar-refractivity contribution in [3.63, 3.8) is 0 Å². The Morgan fingerprint density at radius 3 is 2.18 bits per heavy atom. The Morgan fingerprint density at radius 2 is 1.82 bits per heavy atom. The van der Waals surface area contributed by atoms with E-state index in [9.17, 15) is 0 Å². The van der Waals surface area contributed by atoms with Crippen molar-refractivity contribution in [1.29, 1.82) is 0 Å². The number of rotatable bonds is 2. The van der Waals surface area contributed by atoms with E-state index in [2.05, 4.69) is 5.32 Å². The van der Waals surface area contributed by atoms with E-state index in [1.54, 1.807) is 6.92 Å². The molecule has 0 aromatic rings. The highest BCUT2D eigenvalue weighted by Gasteiger charge is 2.22. The van der Waals surface area contributed by atoms with Crippen LogP contribution in [0.15, 0.2) is 12.4 Å². The molecule has 0 saturated heterocycles. The van der Waals surface area contributed by atoms with Gasteiger partial charge in [-0.1, -0.05) is 0 Å². The topological polar surface area (TPSA) is 38.7 Å². The zero-order valence-electron chi connectivity index (χ0n) is 7.07. The quantitative estimate of drug-likeness (QED) is 0.539. The monoisotopic (exact) mass is 156 g/mol. The lowest BCUT2D eigenvalue weighted by Gasteiger charge is -2.27. The van der Waals surface area contributed by atoms with Crippen LogP contribution in [0.1, 0.15) is 6.92 Å². The molecule has 1 rings (SSSR count). The molecule has 11 heavy (non-hydrogen) atoms. The highest BCUT2D eigenvalue weighted by molar-refractivity contribution is 5.03. The van der Waals surface area contributed by atoms with Gasteiger partial charge in [0.1, 0.15) is 6.23 Å². The van der Waals surface area contributed by atoms with Crippen molar-refractivity contribution >= 4 is 0 Å². The standard InChI is InChI=1S/C7H14N3O/c1-6(11)8-7-9(2)4-5-10(7)3/h4-6,8,11H,1-3H3. The molecule has 0 spiro atoms. The average Bonchev–Trinajstić information content (AvgIpc) is 2.18. The minimum atomic E-state index is -0.519. The second-order valence-electron chi connectivity index (χ2n) is 2.66. The second-order valence-corrected chi connectivity index (χ2v) is 2.66. The van der Waals surface area contributed by atoms with E-state index >= 15 is 0 Å². The summed E-state index contributed by atoms with van der Waals surface area (Å²) in [6.45, 7) is 1.69. The summed E-state index contributed by atoms with van der Waals surface area (Å²) in [5.74, 6) is 0. The fourth-order valence-corrected chi connectivity index (χ4v) is 0.980. The first kappa shape index (κ1) is 8.36. The van der Waals surface area contributed by atoms with E-state index in [4.69, 9.17) is 5.11 Å². The maximum absolute atomic E-state index is 9.04. The Hall–Kier alpha value is -0.740. The third-order valence-corrected chi connectivity index (χ3v) is 1.52. The molecule has 0 saturated carbocycles. The van der Waals surface area contributed by atoms with Crippen molar-refractivity contribution < 1.29 is 5.11 Å². The zero-order valence-corrected chi connectivity index (χ0v) is 7.07. The highest BCUT2D eigenvalue weighted by Crippen LogP contribution is 2.15. The number of aliphatic hydroxyl groups is 1. The van der Waals surface area contributed by atoms with Crippen LogP contribution in [-0.4, -0.2) is 35.2 Å². The molecule has 1 heterocycles. The maximum Gasteiger partial charge on any atom is 0.228 e. The molecule has 1 radical (unpaired) electrons. The summed E-state index contributed by atoms with van der Waals surface area (Å²) in [4.78, 5) is 3.82. The fourth-order valence-electron chi connectivity index (χ4n) is 0.980. The minimum absolute atomic E-state index is 0.519. The first-order chi connectivity index (χ1) is 5.11. The Balaban J connectivity index is 2.45. The van der Waals surface area contributed by atoms with E-state index in [0.717, 1.165) is 6.29 Å². The minimum Gasteiger partial charge on any atom is -0.379 e. The van der Waals surface area contributed by atoms with E-state index in [-0.39, 0.29) is 0 Å². The van der Waals surface area contributed by atoms with Gasteiger partial charge in [0.25, 0.3) is 0 Å². The van der Waals surface area contributed by atoms with Crippen molar-refractivity contribution in [3.8, 4) is 0 Å². The van der Waals surface area contributed by atoms with Crippen LogP contribution in [0, 0.1) is 6.29 Å². The number of nitrogens with one attached hydrogen (secondary N) is 1. The van der Waals surface area contributed by atoms with Crippen molar-refractivity contribution in [2.45, 2.75) is 13.2 Å². The summed E-state index contributed by atoms with van der Waals surface area (Å²) in [6, 6.07) is 0. The Kier molecular flexibility index (Phi) is 2.36. The number of nitrogens with zero attached hydrogens (tertiary/aromatic N) is 2. The molecule has 63 valence electrons. The van der Waals surface area contributed by atoms with E-state index in [1.807, 2.05) is 36.3 Å². The summed E-state index contributed by atoms with van der Waals surface area (Å²) in [5, 5.41) is 11.9. The molecule has 1 unspecified atom stereocenters. The number of hydrogen-bond donors (Lipinski definition) is 2. The van der Waals surface area contributed by atoms with Gasteiger partial charge in [0, 0.05) is 26.5 Å². The predicted molar refractivity (Wildman–Crippen MR) is 42.7 cm³/mol. The van der Waals surface area contributed by atoms with E-state index in [1.165, 1.54) is 0 Å². The summed E-state index contributed by atoms with van der Waals surface area (Å²) >= 11 is 0. The van der Waals surface area contributed by atoms with Gasteiger partial charge in [-0.2, -0.15) is 0 Å². The van der Waals surface area contributed by atoms with Crippen molar-refractivity contribution in [3.05, 3.63) is 18.7 Å². The van der Waals surface area contributed by atoms with Crippen LogP contribution >= 0.6 is 0 Å². The van der Waals surface area contributed by atoms with Gasteiger partial charge in [-0.05, 0) is 6.92 Å². The molecule has 2 N–H and O–H groups in total. The van der Waals surface area contributed by atoms with Crippen LogP contribution in [0.25, 0.3) is 0 Å². The zero-order chi connectivity index (χ0) is 8.43. The summed E-state index contributed by atoms with van der Waals surface area (Å²) in [7, 11) is 3.84. The van der Waals surface area contributed by atoms with Crippen LogP contribution in [0.2, 0.25) is 0 Å². The predicted octanol–water partition coefficient (Wildman–Crippen LogP) is -0.290. The van der Waals surface area contributed by atoms with Crippen molar-refractivity contribution in [2.75, 3.05) is 14.1 Å². The van der Waals surface area contributed by atoms with E-state index in [0.29, 0.717) is 0 Å². The Bertz CT molecular complexity index is 146. The van der Waals surface area contributed by atoms with E-state index < -0.39 is 6.23 Å². The fraction of sp³-hybridized carbons (Fsp3) is 0.571. The lowest BCUT2D eigenvalue weighted by molar-refractivity contribution is 0.119. The first-order valence-corrected chi connectivity index (χ1v) is 3.57. The van der Waals surface area contributed by atoms with Gasteiger partial charge in [-0.15, -0.1) is 0 Å². The number of hydrogen-bond acceptors (Lipinski definition) is 4. The maximum atomic E-state index is 9.04. The Labute approximate surface area is 67.1 Å². The highest BCUT2D eigenvalue weighted by atomic mass is 16.3. The van der Waals surface area contributed by atoms with Gasteiger partial charge in [-0.25, -0.2) is 5.32 Å². The summed E-state index contributed by atoms with van der Waals surface area (Å²) < 4.78 is 0. The third-order valence-electron chi connectivity index (χ3n) is 1.52. The van der Waals surface area contributed by atoms with Gasteiger partial charge < -0.3 is 14.9 Å². The van der Waals surface area contributed by atoms with Crippen molar-refractivity contribution in [2.24, 2.45) is 0 Å². The molecule has 0 fully saturated rings. The van der Waals surface area contributed by atoms with Crippen LogP contribution in [-0.2, 0) is 0 Å². The molecule has 0 aromatic carbocycles. The second kappa shape index (κ2) is 3.11. The van der Waals surface area contributed by atoms with Gasteiger partial charge in [-0.3, -0.25) is 0 Å². The van der Waals surface area contributed by atoms with Gasteiger partial charge >= 0.3 is 0 Å². The van der Waals surface area contributed by atoms with Crippen LogP contribution < -0.4 is 5.32 Å². The molecule has 4 heteroatoms. The first-order valence-electron chi connectivity index (χ1n) is 3.57. The molecule has 0 aromatic heterocycles. The van der Waals surface area contributed by atoms with Crippen molar-refractivity contribution in [1.82, 2.24) is 15.1 Å². The summed E-state index contributed by atoms with van der Waals surface area (Å²) in [6.07, 6.45) is 4.21. The average molecular weight is 156 g/mol. The number of aliphatic hydroxyl groups excluding tert-OH is 1. The molecule has 0 aliphatic carbocycles. The normalized spacial score (nSPS) is 21.5. The lowest BCUT2D eigenvalue weighted by atomic mass is 10.6. The molecule has 0 bridgehead atoms. The van der Waals surface area contributed by atoms with Gasteiger partial charge in [0.2, 0.25) is 6.29 Å². The van der Waals surface area contributed by atoms with Crippen LogP contribution in [0.4, 0.5) is 0 Å².